The van der Waals surface area contributed by atoms with Crippen LogP contribution in [0.5, 0.6) is 0 Å². The normalized spacial score (nSPS) is 10.0. The number of hydrogen-bond donors (Lipinski definition) is 2. The Bertz CT molecular complexity index is 280. The number of hydrogen-bond acceptors (Lipinski definition) is 2. The van der Waals surface area contributed by atoms with Gasteiger partial charge in [-0.25, -0.2) is 0 Å². The van der Waals surface area contributed by atoms with Crippen LogP contribution in [-0.4, -0.2) is 16.1 Å². The third-order valence-electron chi connectivity index (χ3n) is 1.73. The molecule has 0 unspecified atom stereocenters. The topological polar surface area (TPSA) is 57.8 Å². The molecule has 0 radical (unpaired) electrons. The molecule has 0 saturated heterocycles. The molecule has 0 bridgehead atoms. The van der Waals surface area contributed by atoms with E-state index in [1.165, 1.54) is 6.92 Å². The first-order chi connectivity index (χ1) is 6.22. The number of aromatic nitrogens is 2. The third kappa shape index (κ3) is 3.27. The Morgan fingerprint density at radius 1 is 1.69 bits per heavy atom. The van der Waals surface area contributed by atoms with Crippen LogP contribution in [0, 0.1) is 0 Å². The van der Waals surface area contributed by atoms with Crippen molar-refractivity contribution >= 4 is 11.7 Å². The van der Waals surface area contributed by atoms with Crippen molar-refractivity contribution in [1.82, 2.24) is 10.2 Å². The molecule has 0 fully saturated rings. The molecule has 0 spiro atoms. The van der Waals surface area contributed by atoms with Crippen LogP contribution in [0.1, 0.15) is 32.4 Å². The van der Waals surface area contributed by atoms with E-state index in [0.717, 1.165) is 25.0 Å². The van der Waals surface area contributed by atoms with Crippen molar-refractivity contribution in [2.24, 2.45) is 0 Å². The van der Waals surface area contributed by atoms with Crippen LogP contribution < -0.4 is 5.32 Å². The number of amides is 1. The highest BCUT2D eigenvalue weighted by Crippen LogP contribution is 2.07. The lowest BCUT2D eigenvalue weighted by Crippen LogP contribution is -2.05. The van der Waals surface area contributed by atoms with E-state index in [9.17, 15) is 4.79 Å². The SMILES string of the molecule is CCCCc1cc(NC(C)=O)n[nH]1. The van der Waals surface area contributed by atoms with Crippen molar-refractivity contribution in [3.05, 3.63) is 11.8 Å². The first-order valence-electron chi connectivity index (χ1n) is 4.54. The molecule has 0 aromatic carbocycles. The first kappa shape index (κ1) is 9.77. The molecule has 1 rings (SSSR count). The number of unbranched alkanes of at least 4 members (excludes halogenated alkanes) is 1. The largest absolute Gasteiger partial charge is 0.309 e. The molecule has 13 heavy (non-hydrogen) atoms. The van der Waals surface area contributed by atoms with Crippen LogP contribution >= 0.6 is 0 Å². The fourth-order valence-electron chi connectivity index (χ4n) is 1.10. The van der Waals surface area contributed by atoms with Crippen molar-refractivity contribution in [3.8, 4) is 0 Å². The van der Waals surface area contributed by atoms with Crippen LogP contribution in [0.4, 0.5) is 5.82 Å². The van der Waals surface area contributed by atoms with E-state index in [1.54, 1.807) is 0 Å². The molecule has 1 amide bonds. The number of carbonyl (C=O) groups excluding carboxylic acids is 1. The predicted molar refractivity (Wildman–Crippen MR) is 51.5 cm³/mol. The summed E-state index contributed by atoms with van der Waals surface area (Å²) >= 11 is 0. The Kier molecular flexibility index (Phi) is 3.49. The zero-order valence-electron chi connectivity index (χ0n) is 8.05. The number of aryl methyl sites for hydroxylation is 1. The van der Waals surface area contributed by atoms with Crippen molar-refractivity contribution in [2.45, 2.75) is 33.1 Å². The third-order valence-corrected chi connectivity index (χ3v) is 1.73. The van der Waals surface area contributed by atoms with Gasteiger partial charge in [0.2, 0.25) is 5.91 Å². The van der Waals surface area contributed by atoms with Crippen molar-refractivity contribution in [2.75, 3.05) is 5.32 Å². The highest BCUT2D eigenvalue weighted by atomic mass is 16.1. The van der Waals surface area contributed by atoms with Gasteiger partial charge in [0.15, 0.2) is 5.82 Å². The van der Waals surface area contributed by atoms with Gasteiger partial charge in [0.1, 0.15) is 0 Å². The van der Waals surface area contributed by atoms with Gasteiger partial charge in [-0.15, -0.1) is 0 Å². The molecule has 1 heterocycles. The van der Waals surface area contributed by atoms with Gasteiger partial charge in [-0.05, 0) is 12.8 Å². The summed E-state index contributed by atoms with van der Waals surface area (Å²) < 4.78 is 0. The molecule has 72 valence electrons. The Labute approximate surface area is 77.7 Å². The van der Waals surface area contributed by atoms with Crippen molar-refractivity contribution in [1.29, 1.82) is 0 Å². The summed E-state index contributed by atoms with van der Waals surface area (Å²) in [5, 5.41) is 9.45. The number of carbonyl (C=O) groups is 1. The Morgan fingerprint density at radius 2 is 2.46 bits per heavy atom. The summed E-state index contributed by atoms with van der Waals surface area (Å²) in [7, 11) is 0. The van der Waals surface area contributed by atoms with Crippen LogP contribution in [0.3, 0.4) is 0 Å². The van der Waals surface area contributed by atoms with Crippen molar-refractivity contribution in [3.63, 3.8) is 0 Å². The second-order valence-corrected chi connectivity index (χ2v) is 3.06. The molecule has 0 aliphatic rings. The lowest BCUT2D eigenvalue weighted by atomic mass is 10.2. The highest BCUT2D eigenvalue weighted by molar-refractivity contribution is 5.87. The van der Waals surface area contributed by atoms with Gasteiger partial charge in [0.25, 0.3) is 0 Å². The van der Waals surface area contributed by atoms with Gasteiger partial charge in [0, 0.05) is 18.7 Å². The van der Waals surface area contributed by atoms with Gasteiger partial charge in [-0.2, -0.15) is 5.10 Å². The molecule has 4 nitrogen and oxygen atoms in total. The molecule has 0 aliphatic carbocycles. The van der Waals surface area contributed by atoms with E-state index in [4.69, 9.17) is 0 Å². The van der Waals surface area contributed by atoms with Crippen LogP contribution in [0.2, 0.25) is 0 Å². The maximum atomic E-state index is 10.7. The maximum absolute atomic E-state index is 10.7. The summed E-state index contributed by atoms with van der Waals surface area (Å²) in [4.78, 5) is 10.7. The summed E-state index contributed by atoms with van der Waals surface area (Å²) in [5.74, 6) is 0.521. The number of rotatable bonds is 4. The van der Waals surface area contributed by atoms with Crippen molar-refractivity contribution < 1.29 is 4.79 Å². The Balaban J connectivity index is 2.48. The second kappa shape index (κ2) is 4.64. The number of nitrogens with zero attached hydrogens (tertiary/aromatic N) is 1. The Hall–Kier alpha value is -1.32. The summed E-state index contributed by atoms with van der Waals surface area (Å²) in [6, 6.07) is 1.87. The van der Waals surface area contributed by atoms with Gasteiger partial charge >= 0.3 is 0 Å². The lowest BCUT2D eigenvalue weighted by Gasteiger charge is -1.92. The van der Waals surface area contributed by atoms with Crippen LogP contribution in [0.15, 0.2) is 6.07 Å². The molecule has 0 saturated carbocycles. The quantitative estimate of drug-likeness (QED) is 0.742. The van der Waals surface area contributed by atoms with E-state index in [1.807, 2.05) is 6.07 Å². The minimum absolute atomic E-state index is 0.0893. The zero-order chi connectivity index (χ0) is 9.68. The smallest absolute Gasteiger partial charge is 0.222 e. The average molecular weight is 181 g/mol. The second-order valence-electron chi connectivity index (χ2n) is 3.06. The van der Waals surface area contributed by atoms with Crippen LogP contribution in [0.25, 0.3) is 0 Å². The van der Waals surface area contributed by atoms with Gasteiger partial charge in [-0.1, -0.05) is 13.3 Å². The molecule has 1 aromatic heterocycles. The number of anilines is 1. The molecule has 0 aliphatic heterocycles. The van der Waals surface area contributed by atoms with Gasteiger partial charge in [-0.3, -0.25) is 9.89 Å². The Morgan fingerprint density at radius 3 is 3.08 bits per heavy atom. The minimum atomic E-state index is -0.0893. The van der Waals surface area contributed by atoms with E-state index >= 15 is 0 Å². The van der Waals surface area contributed by atoms with Gasteiger partial charge < -0.3 is 5.32 Å². The molecular formula is C9H15N3O. The molecule has 4 heteroatoms. The van der Waals surface area contributed by atoms with E-state index in [0.29, 0.717) is 5.82 Å². The highest BCUT2D eigenvalue weighted by Gasteiger charge is 2.01. The van der Waals surface area contributed by atoms with Crippen LogP contribution in [-0.2, 0) is 11.2 Å². The summed E-state index contributed by atoms with van der Waals surface area (Å²) in [5.41, 5.74) is 1.07. The number of H-pyrrole nitrogens is 1. The lowest BCUT2D eigenvalue weighted by molar-refractivity contribution is -0.114. The zero-order valence-corrected chi connectivity index (χ0v) is 8.05. The van der Waals surface area contributed by atoms with E-state index in [2.05, 4.69) is 22.4 Å². The fraction of sp³-hybridized carbons (Fsp3) is 0.556. The average Bonchev–Trinajstić information content (AvgIpc) is 2.48. The maximum Gasteiger partial charge on any atom is 0.222 e. The molecule has 0 atom stereocenters. The molecular weight excluding hydrogens is 166 g/mol. The fourth-order valence-corrected chi connectivity index (χ4v) is 1.10. The first-order valence-corrected chi connectivity index (χ1v) is 4.54. The van der Waals surface area contributed by atoms with Gasteiger partial charge in [0.05, 0.1) is 0 Å². The monoisotopic (exact) mass is 181 g/mol. The molecule has 1 aromatic rings. The predicted octanol–water partition coefficient (Wildman–Crippen LogP) is 1.71. The summed E-state index contributed by atoms with van der Waals surface area (Å²) in [6.45, 7) is 3.62. The standard InChI is InChI=1S/C9H15N3O/c1-3-4-5-8-6-9(12-11-8)10-7(2)13/h6H,3-5H2,1-2H3,(H2,10,11,12,13). The number of nitrogens with one attached hydrogen (secondary N) is 2. The minimum Gasteiger partial charge on any atom is -0.309 e. The summed E-state index contributed by atoms with van der Waals surface area (Å²) in [6.07, 6.45) is 3.29. The number of aromatic amines is 1. The van der Waals surface area contributed by atoms with E-state index < -0.39 is 0 Å². The molecule has 2 N–H and O–H groups in total. The van der Waals surface area contributed by atoms with E-state index in [-0.39, 0.29) is 5.91 Å².